The highest BCUT2D eigenvalue weighted by atomic mass is 19.1. The zero-order chi connectivity index (χ0) is 10.9. The summed E-state index contributed by atoms with van der Waals surface area (Å²) in [6.45, 7) is 2.86. The normalized spacial score (nSPS) is 11.5. The van der Waals surface area contributed by atoms with Gasteiger partial charge < -0.3 is 9.47 Å². The van der Waals surface area contributed by atoms with Crippen molar-refractivity contribution >= 4 is 12.1 Å². The van der Waals surface area contributed by atoms with Crippen molar-refractivity contribution in [2.45, 2.75) is 26.3 Å². The van der Waals surface area contributed by atoms with Crippen LogP contribution in [-0.4, -0.2) is 38.8 Å². The number of Topliss-reactive ketones (excluding diaryl/α,β-unsaturated/α-hetero) is 1. The molecule has 0 saturated heterocycles. The first-order valence-corrected chi connectivity index (χ1v) is 3.65. The van der Waals surface area contributed by atoms with Gasteiger partial charge in [0.25, 0.3) is 0 Å². The largest absolute Gasteiger partial charge is 0.356 e. The van der Waals surface area contributed by atoms with E-state index in [1.165, 1.54) is 0 Å². The van der Waals surface area contributed by atoms with E-state index in [0.29, 0.717) is 0 Å². The Morgan fingerprint density at radius 1 is 1.38 bits per heavy atom. The van der Waals surface area contributed by atoms with Crippen molar-refractivity contribution in [3.8, 4) is 0 Å². The molecule has 0 saturated carbocycles. The molecule has 0 fully saturated rings. The number of methoxy groups -OCH3 is 2. The van der Waals surface area contributed by atoms with E-state index in [-0.39, 0.29) is 12.6 Å². The van der Waals surface area contributed by atoms with Crippen LogP contribution >= 0.6 is 0 Å². The Kier molecular flexibility index (Phi) is 10.5. The van der Waals surface area contributed by atoms with E-state index >= 15 is 0 Å². The summed E-state index contributed by atoms with van der Waals surface area (Å²) in [6, 6.07) is 0. The quantitative estimate of drug-likeness (QED) is 0.376. The SMILES string of the molecule is CC(=O)C(F)C=O.COC(C)OC. The van der Waals surface area contributed by atoms with Gasteiger partial charge in [0.15, 0.2) is 18.4 Å². The minimum absolute atomic E-state index is 0.0255. The van der Waals surface area contributed by atoms with Crippen molar-refractivity contribution in [1.82, 2.24) is 0 Å². The molecule has 0 radical (unpaired) electrons. The molecule has 0 rings (SSSR count). The van der Waals surface area contributed by atoms with Crippen LogP contribution in [0.3, 0.4) is 0 Å². The minimum Gasteiger partial charge on any atom is -0.356 e. The van der Waals surface area contributed by atoms with Gasteiger partial charge in [0, 0.05) is 14.2 Å². The molecule has 5 heteroatoms. The molecule has 0 aromatic heterocycles. The van der Waals surface area contributed by atoms with Crippen molar-refractivity contribution in [3.63, 3.8) is 0 Å². The standard InChI is InChI=1S/C4H5FO2.C4H10O2/c1-3(7)4(5)2-6;1-4(5-2)6-3/h2,4H,1H3;4H,1-3H3. The first-order chi connectivity index (χ1) is 5.99. The third-order valence-electron chi connectivity index (χ3n) is 1.17. The summed E-state index contributed by atoms with van der Waals surface area (Å²) < 4.78 is 20.9. The van der Waals surface area contributed by atoms with Gasteiger partial charge in [-0.25, -0.2) is 4.39 Å². The molecule has 1 unspecified atom stereocenters. The number of rotatable bonds is 4. The Bertz CT molecular complexity index is 145. The summed E-state index contributed by atoms with van der Waals surface area (Å²) in [4.78, 5) is 19.1. The second-order valence-corrected chi connectivity index (χ2v) is 2.19. The molecule has 0 aromatic carbocycles. The highest BCUT2D eigenvalue weighted by molar-refractivity contribution is 5.94. The lowest BCUT2D eigenvalue weighted by molar-refractivity contribution is -0.126. The third kappa shape index (κ3) is 11.2. The predicted octanol–water partition coefficient (Wildman–Crippen LogP) is 0.738. The van der Waals surface area contributed by atoms with E-state index in [9.17, 15) is 14.0 Å². The van der Waals surface area contributed by atoms with Crippen LogP contribution in [0.15, 0.2) is 0 Å². The van der Waals surface area contributed by atoms with Crippen LogP contribution in [0, 0.1) is 0 Å². The summed E-state index contributed by atoms with van der Waals surface area (Å²) in [5.74, 6) is -0.741. The topological polar surface area (TPSA) is 52.6 Å². The zero-order valence-corrected chi connectivity index (χ0v) is 8.24. The van der Waals surface area contributed by atoms with Crippen LogP contribution in [0.5, 0.6) is 0 Å². The maximum absolute atomic E-state index is 11.5. The monoisotopic (exact) mass is 194 g/mol. The maximum atomic E-state index is 11.5. The van der Waals surface area contributed by atoms with Gasteiger partial charge in [0.1, 0.15) is 0 Å². The lowest BCUT2D eigenvalue weighted by Gasteiger charge is -2.03. The molecule has 0 aliphatic heterocycles. The summed E-state index contributed by atoms with van der Waals surface area (Å²) in [7, 11) is 3.21. The summed E-state index contributed by atoms with van der Waals surface area (Å²) in [5, 5.41) is 0. The molecule has 0 aromatic rings. The lowest BCUT2D eigenvalue weighted by atomic mass is 10.3. The fourth-order valence-corrected chi connectivity index (χ4v) is 0.192. The van der Waals surface area contributed by atoms with E-state index in [1.54, 1.807) is 14.2 Å². The Hall–Kier alpha value is -0.810. The van der Waals surface area contributed by atoms with Crippen LogP contribution in [0.25, 0.3) is 0 Å². The van der Waals surface area contributed by atoms with Gasteiger partial charge in [-0.2, -0.15) is 0 Å². The smallest absolute Gasteiger partial charge is 0.212 e. The zero-order valence-electron chi connectivity index (χ0n) is 8.24. The van der Waals surface area contributed by atoms with Crippen molar-refractivity contribution < 1.29 is 23.5 Å². The summed E-state index contributed by atoms with van der Waals surface area (Å²) >= 11 is 0. The Morgan fingerprint density at radius 3 is 1.77 bits per heavy atom. The van der Waals surface area contributed by atoms with Gasteiger partial charge in [-0.1, -0.05) is 0 Å². The molecule has 0 amide bonds. The molecule has 0 aliphatic carbocycles. The Morgan fingerprint density at radius 2 is 1.77 bits per heavy atom. The average Bonchev–Trinajstić information content (AvgIpc) is 2.16. The highest BCUT2D eigenvalue weighted by Gasteiger charge is 2.07. The van der Waals surface area contributed by atoms with E-state index in [4.69, 9.17) is 0 Å². The highest BCUT2D eigenvalue weighted by Crippen LogP contribution is 1.84. The second-order valence-electron chi connectivity index (χ2n) is 2.19. The number of carbonyl (C=O) groups is 2. The molecule has 78 valence electrons. The van der Waals surface area contributed by atoms with Crippen LogP contribution in [-0.2, 0) is 19.1 Å². The van der Waals surface area contributed by atoms with Gasteiger partial charge in [0.2, 0.25) is 6.17 Å². The van der Waals surface area contributed by atoms with Gasteiger partial charge in [-0.3, -0.25) is 9.59 Å². The number of alkyl halides is 1. The van der Waals surface area contributed by atoms with Crippen molar-refractivity contribution in [1.29, 1.82) is 0 Å². The molecule has 0 aliphatic rings. The van der Waals surface area contributed by atoms with E-state index in [1.807, 2.05) is 6.92 Å². The minimum atomic E-state index is -1.92. The average molecular weight is 194 g/mol. The van der Waals surface area contributed by atoms with Gasteiger partial charge in [-0.15, -0.1) is 0 Å². The van der Waals surface area contributed by atoms with Crippen LogP contribution in [0.2, 0.25) is 0 Å². The maximum Gasteiger partial charge on any atom is 0.212 e. The number of carbonyl (C=O) groups excluding carboxylic acids is 2. The number of ether oxygens (including phenoxy) is 2. The number of hydrogen-bond donors (Lipinski definition) is 0. The molecule has 13 heavy (non-hydrogen) atoms. The van der Waals surface area contributed by atoms with E-state index in [2.05, 4.69) is 9.47 Å². The number of ketones is 1. The second kappa shape index (κ2) is 9.28. The van der Waals surface area contributed by atoms with Crippen molar-refractivity contribution in [3.05, 3.63) is 0 Å². The Balaban J connectivity index is 0. The molecule has 1 atom stereocenters. The molecule has 4 nitrogen and oxygen atoms in total. The van der Waals surface area contributed by atoms with E-state index in [0.717, 1.165) is 6.92 Å². The predicted molar refractivity (Wildman–Crippen MR) is 45.1 cm³/mol. The van der Waals surface area contributed by atoms with Crippen LogP contribution in [0.4, 0.5) is 4.39 Å². The first-order valence-electron chi connectivity index (χ1n) is 3.65. The molecule has 0 bridgehead atoms. The van der Waals surface area contributed by atoms with Crippen molar-refractivity contribution in [2.75, 3.05) is 14.2 Å². The molecule has 0 N–H and O–H groups in total. The van der Waals surface area contributed by atoms with Gasteiger partial charge in [0.05, 0.1) is 0 Å². The molecule has 0 spiro atoms. The summed E-state index contributed by atoms with van der Waals surface area (Å²) in [6.07, 6.45) is -2.01. The summed E-state index contributed by atoms with van der Waals surface area (Å²) in [5.41, 5.74) is 0. The van der Waals surface area contributed by atoms with Gasteiger partial charge >= 0.3 is 0 Å². The fourth-order valence-electron chi connectivity index (χ4n) is 0.192. The van der Waals surface area contributed by atoms with Crippen LogP contribution in [0.1, 0.15) is 13.8 Å². The molecular weight excluding hydrogens is 179 g/mol. The van der Waals surface area contributed by atoms with E-state index < -0.39 is 12.0 Å². The number of aldehydes is 1. The van der Waals surface area contributed by atoms with Crippen LogP contribution < -0.4 is 0 Å². The molecule has 0 heterocycles. The Labute approximate surface area is 77.0 Å². The first kappa shape index (κ1) is 14.7. The van der Waals surface area contributed by atoms with Gasteiger partial charge in [-0.05, 0) is 13.8 Å². The number of halogens is 1. The molecular formula is C8H15FO4. The fraction of sp³-hybridized carbons (Fsp3) is 0.750. The van der Waals surface area contributed by atoms with Crippen molar-refractivity contribution in [2.24, 2.45) is 0 Å². The third-order valence-corrected chi connectivity index (χ3v) is 1.17. The lowest BCUT2D eigenvalue weighted by Crippen LogP contribution is -2.11. The number of hydrogen-bond acceptors (Lipinski definition) is 4.